The van der Waals surface area contributed by atoms with E-state index in [2.05, 4.69) is 15.9 Å². The molecule has 1 aromatic heterocycles. The van der Waals surface area contributed by atoms with Crippen LogP contribution in [-0.4, -0.2) is 11.2 Å². The molecule has 5 heteroatoms. The van der Waals surface area contributed by atoms with E-state index < -0.39 is 6.67 Å². The lowest BCUT2D eigenvalue weighted by Crippen LogP contribution is -2.21. The van der Waals surface area contributed by atoms with Crippen LogP contribution in [0, 0.1) is 0 Å². The van der Waals surface area contributed by atoms with Crippen molar-refractivity contribution >= 4 is 21.6 Å². The molecule has 3 nitrogen and oxygen atoms in total. The lowest BCUT2D eigenvalue weighted by molar-refractivity contribution is 0.440. The van der Waals surface area contributed by atoms with Crippen LogP contribution in [0.2, 0.25) is 0 Å². The Labute approximate surface area is 77.1 Å². The van der Waals surface area contributed by atoms with Gasteiger partial charge in [0.25, 0.3) is 5.56 Å². The predicted octanol–water partition coefficient (Wildman–Crippen LogP) is 1.16. The van der Waals surface area contributed by atoms with Crippen molar-refractivity contribution in [2.45, 2.75) is 6.54 Å². The van der Waals surface area contributed by atoms with Crippen molar-refractivity contribution in [2.24, 2.45) is 0 Å². The minimum absolute atomic E-state index is 0.0441. The van der Waals surface area contributed by atoms with E-state index in [1.165, 1.54) is 16.8 Å². The molecule has 0 fully saturated rings. The molecule has 66 valence electrons. The molecular weight excluding hydrogens is 227 g/mol. The second-order valence-corrected chi connectivity index (χ2v) is 3.16. The molecule has 0 aliphatic rings. The molecule has 1 aromatic rings. The van der Waals surface area contributed by atoms with Crippen molar-refractivity contribution < 1.29 is 4.39 Å². The molecule has 0 saturated carbocycles. The van der Waals surface area contributed by atoms with Crippen LogP contribution in [0.5, 0.6) is 0 Å². The fraction of sp³-hybridized carbons (Fsp3) is 0.286. The van der Waals surface area contributed by atoms with Gasteiger partial charge in [0.05, 0.1) is 11.0 Å². The zero-order valence-electron chi connectivity index (χ0n) is 6.26. The molecule has 0 radical (unpaired) electrons. The molecule has 0 amide bonds. The fourth-order valence-corrected chi connectivity index (χ4v) is 1.37. The van der Waals surface area contributed by atoms with Gasteiger partial charge in [-0.15, -0.1) is 0 Å². The highest BCUT2D eigenvalue weighted by Crippen LogP contribution is 2.07. The summed E-state index contributed by atoms with van der Waals surface area (Å²) < 4.78 is 13.5. The highest BCUT2D eigenvalue weighted by Gasteiger charge is 2.01. The topological polar surface area (TPSA) is 48.0 Å². The summed E-state index contributed by atoms with van der Waals surface area (Å²) in [7, 11) is 0. The van der Waals surface area contributed by atoms with E-state index in [0.717, 1.165) is 0 Å². The van der Waals surface area contributed by atoms with Crippen molar-refractivity contribution in [3.05, 3.63) is 27.1 Å². The first kappa shape index (κ1) is 9.25. The van der Waals surface area contributed by atoms with Gasteiger partial charge in [0, 0.05) is 11.9 Å². The number of aryl methyl sites for hydroxylation is 1. The zero-order chi connectivity index (χ0) is 9.14. The van der Waals surface area contributed by atoms with Crippen molar-refractivity contribution in [2.75, 3.05) is 12.4 Å². The minimum atomic E-state index is -0.574. The second-order valence-electron chi connectivity index (χ2n) is 2.31. The molecule has 0 aliphatic carbocycles. The van der Waals surface area contributed by atoms with Gasteiger partial charge in [-0.2, -0.15) is 0 Å². The van der Waals surface area contributed by atoms with E-state index in [0.29, 0.717) is 10.2 Å². The van der Waals surface area contributed by atoms with Crippen LogP contribution < -0.4 is 11.3 Å². The average Bonchev–Trinajstić information content (AvgIpc) is 2.00. The number of rotatable bonds is 2. The van der Waals surface area contributed by atoms with E-state index in [-0.39, 0.29) is 12.1 Å². The highest BCUT2D eigenvalue weighted by atomic mass is 79.9. The van der Waals surface area contributed by atoms with Gasteiger partial charge < -0.3 is 10.3 Å². The molecule has 0 spiro atoms. The minimum Gasteiger partial charge on any atom is -0.398 e. The first-order valence-electron chi connectivity index (χ1n) is 3.36. The quantitative estimate of drug-likeness (QED) is 0.836. The fourth-order valence-electron chi connectivity index (χ4n) is 0.878. The number of hydrogen-bond donors (Lipinski definition) is 1. The van der Waals surface area contributed by atoms with E-state index in [1.54, 1.807) is 0 Å². The van der Waals surface area contributed by atoms with Crippen molar-refractivity contribution in [3.63, 3.8) is 0 Å². The van der Waals surface area contributed by atoms with E-state index in [9.17, 15) is 9.18 Å². The number of aromatic nitrogens is 1. The summed E-state index contributed by atoms with van der Waals surface area (Å²) in [5.41, 5.74) is 5.62. The summed E-state index contributed by atoms with van der Waals surface area (Å²) >= 11 is 3.03. The van der Waals surface area contributed by atoms with Crippen LogP contribution in [-0.2, 0) is 6.54 Å². The zero-order valence-corrected chi connectivity index (χ0v) is 7.84. The summed E-state index contributed by atoms with van der Waals surface area (Å²) in [6.07, 6.45) is 1.42. The van der Waals surface area contributed by atoms with Gasteiger partial charge in [-0.3, -0.25) is 4.79 Å². The maximum atomic E-state index is 11.9. The van der Waals surface area contributed by atoms with Gasteiger partial charge in [-0.05, 0) is 22.0 Å². The van der Waals surface area contributed by atoms with Crippen LogP contribution in [0.1, 0.15) is 0 Å². The van der Waals surface area contributed by atoms with Crippen molar-refractivity contribution in [3.8, 4) is 0 Å². The molecule has 12 heavy (non-hydrogen) atoms. The van der Waals surface area contributed by atoms with Gasteiger partial charge in [0.2, 0.25) is 0 Å². The normalized spacial score (nSPS) is 10.2. The Morgan fingerprint density at radius 3 is 2.92 bits per heavy atom. The van der Waals surface area contributed by atoms with Crippen molar-refractivity contribution in [1.82, 2.24) is 4.57 Å². The Morgan fingerprint density at radius 2 is 2.33 bits per heavy atom. The van der Waals surface area contributed by atoms with Crippen LogP contribution in [0.25, 0.3) is 0 Å². The summed E-state index contributed by atoms with van der Waals surface area (Å²) in [4.78, 5) is 11.2. The molecule has 0 saturated heterocycles. The summed E-state index contributed by atoms with van der Waals surface area (Å²) in [6, 6.07) is 1.50. The van der Waals surface area contributed by atoms with Gasteiger partial charge >= 0.3 is 0 Å². The summed E-state index contributed by atoms with van der Waals surface area (Å²) in [5.74, 6) is 0. The Balaban J connectivity index is 3.19. The standard InChI is InChI=1S/C7H8BrFN2O/c8-6-3-5(10)4-11(2-1-9)7(6)12/h3-4H,1-2,10H2. The number of halogens is 2. The van der Waals surface area contributed by atoms with Gasteiger partial charge in [0.15, 0.2) is 0 Å². The third kappa shape index (κ3) is 1.85. The lowest BCUT2D eigenvalue weighted by atomic mass is 10.4. The third-order valence-corrected chi connectivity index (χ3v) is 1.96. The summed E-state index contributed by atoms with van der Waals surface area (Å²) in [6.45, 7) is -0.529. The number of anilines is 1. The first-order valence-corrected chi connectivity index (χ1v) is 4.16. The number of nitrogen functional groups attached to an aromatic ring is 1. The molecule has 0 unspecified atom stereocenters. The number of pyridine rings is 1. The smallest absolute Gasteiger partial charge is 0.265 e. The highest BCUT2D eigenvalue weighted by molar-refractivity contribution is 9.10. The number of hydrogen-bond acceptors (Lipinski definition) is 2. The number of nitrogens with zero attached hydrogens (tertiary/aromatic N) is 1. The van der Waals surface area contributed by atoms with E-state index >= 15 is 0 Å². The largest absolute Gasteiger partial charge is 0.398 e. The maximum Gasteiger partial charge on any atom is 0.265 e. The second kappa shape index (κ2) is 3.71. The van der Waals surface area contributed by atoms with Gasteiger partial charge in [0.1, 0.15) is 6.67 Å². The average molecular weight is 235 g/mol. The molecule has 0 aromatic carbocycles. The molecule has 0 aliphatic heterocycles. The SMILES string of the molecule is Nc1cc(Br)c(=O)n(CCF)c1. The maximum absolute atomic E-state index is 11.9. The Hall–Kier alpha value is -0.840. The monoisotopic (exact) mass is 234 g/mol. The first-order chi connectivity index (χ1) is 5.65. The Morgan fingerprint density at radius 1 is 1.67 bits per heavy atom. The lowest BCUT2D eigenvalue weighted by Gasteiger charge is -2.03. The molecule has 0 atom stereocenters. The van der Waals surface area contributed by atoms with Crippen LogP contribution in [0.3, 0.4) is 0 Å². The summed E-state index contributed by atoms with van der Waals surface area (Å²) in [5, 5.41) is 0. The molecule has 1 rings (SSSR count). The molecule has 0 bridgehead atoms. The van der Waals surface area contributed by atoms with Crippen molar-refractivity contribution in [1.29, 1.82) is 0 Å². The Kier molecular flexibility index (Phi) is 2.86. The van der Waals surface area contributed by atoms with E-state index in [1.807, 2.05) is 0 Å². The van der Waals surface area contributed by atoms with Crippen LogP contribution >= 0.6 is 15.9 Å². The third-order valence-electron chi connectivity index (χ3n) is 1.39. The van der Waals surface area contributed by atoms with Gasteiger partial charge in [-0.1, -0.05) is 0 Å². The van der Waals surface area contributed by atoms with Gasteiger partial charge in [-0.25, -0.2) is 4.39 Å². The molecular formula is C7H8BrFN2O. The Bertz CT molecular complexity index is 337. The van der Waals surface area contributed by atoms with E-state index in [4.69, 9.17) is 5.73 Å². The number of alkyl halides is 1. The molecule has 1 heterocycles. The van der Waals surface area contributed by atoms with Crippen LogP contribution in [0.4, 0.5) is 10.1 Å². The number of nitrogens with two attached hydrogens (primary N) is 1. The van der Waals surface area contributed by atoms with Crippen LogP contribution in [0.15, 0.2) is 21.5 Å². The molecule has 2 N–H and O–H groups in total. The predicted molar refractivity (Wildman–Crippen MR) is 48.8 cm³/mol.